The highest BCUT2D eigenvalue weighted by atomic mass is 16.5. The van der Waals surface area contributed by atoms with Crippen LogP contribution in [0.3, 0.4) is 0 Å². The molecule has 0 spiro atoms. The molecule has 0 amide bonds. The molecule has 0 saturated carbocycles. The third-order valence-corrected chi connectivity index (χ3v) is 4.17. The molecule has 4 nitrogen and oxygen atoms in total. The van der Waals surface area contributed by atoms with E-state index in [1.54, 1.807) is 0 Å². The normalized spacial score (nSPS) is 26.8. The van der Waals surface area contributed by atoms with Crippen molar-refractivity contribution in [3.63, 3.8) is 0 Å². The van der Waals surface area contributed by atoms with E-state index in [-0.39, 0.29) is 0 Å². The summed E-state index contributed by atoms with van der Waals surface area (Å²) in [5, 5.41) is 0. The minimum absolute atomic E-state index is 0.293. The van der Waals surface area contributed by atoms with Crippen LogP contribution in [0.4, 0.5) is 0 Å². The average molecular weight is 250 g/mol. The Kier molecular flexibility index (Phi) is 3.68. The average Bonchev–Trinajstić information content (AvgIpc) is 2.77. The number of aromatic nitrogens is 1. The molecule has 0 N–H and O–H groups in total. The lowest BCUT2D eigenvalue weighted by Gasteiger charge is -2.34. The molecule has 18 heavy (non-hydrogen) atoms. The van der Waals surface area contributed by atoms with Crippen LogP contribution in [0.2, 0.25) is 0 Å². The second-order valence-electron chi connectivity index (χ2n) is 5.28. The van der Waals surface area contributed by atoms with Gasteiger partial charge < -0.3 is 14.0 Å². The third kappa shape index (κ3) is 2.46. The van der Waals surface area contributed by atoms with Crippen LogP contribution >= 0.6 is 0 Å². The molecule has 0 radical (unpaired) electrons. The summed E-state index contributed by atoms with van der Waals surface area (Å²) in [4.78, 5) is 2.58. The Balaban J connectivity index is 1.77. The van der Waals surface area contributed by atoms with Gasteiger partial charge in [-0.25, -0.2) is 0 Å². The zero-order valence-corrected chi connectivity index (χ0v) is 11.0. The number of rotatable bonds is 2. The second-order valence-corrected chi connectivity index (χ2v) is 5.28. The van der Waals surface area contributed by atoms with Gasteiger partial charge in [-0.1, -0.05) is 0 Å². The fourth-order valence-corrected chi connectivity index (χ4v) is 3.06. The highest BCUT2D eigenvalue weighted by Gasteiger charge is 2.27. The Morgan fingerprint density at radius 1 is 1.28 bits per heavy atom. The van der Waals surface area contributed by atoms with Crippen molar-refractivity contribution in [1.29, 1.82) is 0 Å². The minimum Gasteiger partial charge on any atom is -0.381 e. The molecule has 0 aromatic carbocycles. The molecule has 100 valence electrons. The highest BCUT2D eigenvalue weighted by molar-refractivity contribution is 5.09. The first-order valence-corrected chi connectivity index (χ1v) is 6.85. The predicted molar refractivity (Wildman–Crippen MR) is 69.5 cm³/mol. The predicted octanol–water partition coefficient (Wildman–Crippen LogP) is 1.50. The summed E-state index contributed by atoms with van der Waals surface area (Å²) < 4.78 is 13.4. The van der Waals surface area contributed by atoms with Crippen LogP contribution in [0.25, 0.3) is 0 Å². The van der Waals surface area contributed by atoms with Gasteiger partial charge in [0.15, 0.2) is 0 Å². The van der Waals surface area contributed by atoms with Crippen LogP contribution in [-0.2, 0) is 22.6 Å². The van der Waals surface area contributed by atoms with E-state index in [1.165, 1.54) is 5.69 Å². The largest absolute Gasteiger partial charge is 0.381 e. The molecule has 0 unspecified atom stereocenters. The molecule has 1 aromatic rings. The van der Waals surface area contributed by atoms with Crippen molar-refractivity contribution in [3.8, 4) is 0 Å². The van der Waals surface area contributed by atoms with E-state index in [2.05, 4.69) is 27.8 Å². The van der Waals surface area contributed by atoms with Gasteiger partial charge in [0.25, 0.3) is 0 Å². The van der Waals surface area contributed by atoms with Gasteiger partial charge in [-0.15, -0.1) is 0 Å². The van der Waals surface area contributed by atoms with E-state index < -0.39 is 0 Å². The van der Waals surface area contributed by atoms with Gasteiger partial charge in [0.05, 0.1) is 6.10 Å². The zero-order chi connectivity index (χ0) is 12.4. The SMILES string of the molecule is CO[C@H]1CN(C2CCOCC2)Cc2cccn2C1. The van der Waals surface area contributed by atoms with E-state index in [4.69, 9.17) is 9.47 Å². The van der Waals surface area contributed by atoms with Gasteiger partial charge in [0.2, 0.25) is 0 Å². The summed E-state index contributed by atoms with van der Waals surface area (Å²) >= 11 is 0. The van der Waals surface area contributed by atoms with Crippen LogP contribution < -0.4 is 0 Å². The van der Waals surface area contributed by atoms with Crippen LogP contribution in [0, 0.1) is 0 Å². The van der Waals surface area contributed by atoms with Crippen LogP contribution in [0.5, 0.6) is 0 Å². The van der Waals surface area contributed by atoms with E-state index in [9.17, 15) is 0 Å². The molecule has 1 saturated heterocycles. The number of methoxy groups -OCH3 is 1. The van der Waals surface area contributed by atoms with E-state index in [1.807, 2.05) is 7.11 Å². The molecule has 1 fully saturated rings. The van der Waals surface area contributed by atoms with Crippen LogP contribution in [0.15, 0.2) is 18.3 Å². The van der Waals surface area contributed by atoms with E-state index in [0.717, 1.165) is 45.7 Å². The van der Waals surface area contributed by atoms with E-state index in [0.29, 0.717) is 12.1 Å². The fourth-order valence-electron chi connectivity index (χ4n) is 3.06. The summed E-state index contributed by atoms with van der Waals surface area (Å²) in [5.74, 6) is 0. The van der Waals surface area contributed by atoms with Crippen molar-refractivity contribution < 1.29 is 9.47 Å². The van der Waals surface area contributed by atoms with Crippen molar-refractivity contribution in [2.24, 2.45) is 0 Å². The number of ether oxygens (including phenoxy) is 2. The molecule has 0 bridgehead atoms. The van der Waals surface area contributed by atoms with Crippen molar-refractivity contribution in [1.82, 2.24) is 9.47 Å². The van der Waals surface area contributed by atoms with Gasteiger partial charge in [-0.2, -0.15) is 0 Å². The van der Waals surface area contributed by atoms with Crippen molar-refractivity contribution >= 4 is 0 Å². The number of hydrogen-bond acceptors (Lipinski definition) is 3. The number of nitrogens with zero attached hydrogens (tertiary/aromatic N) is 2. The first-order chi connectivity index (χ1) is 8.86. The Bertz CT molecular complexity index is 385. The zero-order valence-electron chi connectivity index (χ0n) is 11.0. The first-order valence-electron chi connectivity index (χ1n) is 6.85. The maximum absolute atomic E-state index is 5.62. The number of hydrogen-bond donors (Lipinski definition) is 0. The standard InChI is InChI=1S/C14H22N2O2/c1-17-14-10-15-6-2-3-13(15)9-16(11-14)12-4-7-18-8-5-12/h2-3,6,12,14H,4-5,7-11H2,1H3/t14-/m1/s1. The van der Waals surface area contributed by atoms with Gasteiger partial charge in [-0.05, 0) is 25.0 Å². The van der Waals surface area contributed by atoms with Crippen molar-refractivity contribution in [3.05, 3.63) is 24.0 Å². The molecule has 3 heterocycles. The molecular weight excluding hydrogens is 228 g/mol. The lowest BCUT2D eigenvalue weighted by molar-refractivity contribution is 0.00208. The van der Waals surface area contributed by atoms with Gasteiger partial charge in [0.1, 0.15) is 0 Å². The smallest absolute Gasteiger partial charge is 0.0876 e. The molecule has 1 aromatic heterocycles. The molecule has 2 aliphatic heterocycles. The maximum Gasteiger partial charge on any atom is 0.0876 e. The molecule has 4 heteroatoms. The molecule has 3 rings (SSSR count). The molecule has 2 aliphatic rings. The number of fused-ring (bicyclic) bond motifs is 1. The topological polar surface area (TPSA) is 26.6 Å². The van der Waals surface area contributed by atoms with E-state index >= 15 is 0 Å². The Labute approximate surface area is 108 Å². The summed E-state index contributed by atoms with van der Waals surface area (Å²) in [6, 6.07) is 5.01. The summed E-state index contributed by atoms with van der Waals surface area (Å²) in [5.41, 5.74) is 1.40. The monoisotopic (exact) mass is 250 g/mol. The van der Waals surface area contributed by atoms with Crippen LogP contribution in [0.1, 0.15) is 18.5 Å². The third-order valence-electron chi connectivity index (χ3n) is 4.17. The molecule has 0 aliphatic carbocycles. The van der Waals surface area contributed by atoms with Crippen molar-refractivity contribution in [2.45, 2.75) is 38.1 Å². The van der Waals surface area contributed by atoms with Gasteiger partial charge in [0, 0.05) is 57.9 Å². The summed E-state index contributed by atoms with van der Waals surface area (Å²) in [7, 11) is 1.82. The Hall–Kier alpha value is -0.840. The Morgan fingerprint density at radius 3 is 2.89 bits per heavy atom. The molecule has 1 atom stereocenters. The minimum atomic E-state index is 0.293. The van der Waals surface area contributed by atoms with Gasteiger partial charge >= 0.3 is 0 Å². The lowest BCUT2D eigenvalue weighted by Crippen LogP contribution is -2.42. The fraction of sp³-hybridized carbons (Fsp3) is 0.714. The lowest BCUT2D eigenvalue weighted by atomic mass is 10.1. The first kappa shape index (κ1) is 12.2. The quantitative estimate of drug-likeness (QED) is 0.796. The summed E-state index contributed by atoms with van der Waals surface area (Å²) in [6.07, 6.45) is 4.75. The van der Waals surface area contributed by atoms with Crippen LogP contribution in [-0.4, -0.2) is 48.5 Å². The van der Waals surface area contributed by atoms with Gasteiger partial charge in [-0.3, -0.25) is 4.90 Å². The second kappa shape index (κ2) is 5.43. The summed E-state index contributed by atoms with van der Waals surface area (Å²) in [6.45, 7) is 4.85. The highest BCUT2D eigenvalue weighted by Crippen LogP contribution is 2.21. The van der Waals surface area contributed by atoms with Crippen molar-refractivity contribution in [2.75, 3.05) is 26.9 Å². The maximum atomic E-state index is 5.62. The molecular formula is C14H22N2O2. The Morgan fingerprint density at radius 2 is 2.11 bits per heavy atom.